The molecule has 0 aliphatic carbocycles. The normalized spacial score (nSPS) is 11.0. The highest BCUT2D eigenvalue weighted by atomic mass is 16.7. The smallest absolute Gasteiger partial charge is 0.244 e. The number of nitrogens with one attached hydrogen (secondary N) is 1. The van der Waals surface area contributed by atoms with E-state index in [1.165, 1.54) is 20.3 Å². The summed E-state index contributed by atoms with van der Waals surface area (Å²) in [6, 6.07) is 17.6. The summed E-state index contributed by atoms with van der Waals surface area (Å²) in [5, 5.41) is 2.70. The highest BCUT2D eigenvalue weighted by molar-refractivity contribution is 5.91. The number of amides is 1. The molecule has 0 bridgehead atoms. The van der Waals surface area contributed by atoms with Gasteiger partial charge in [-0.3, -0.25) is 4.79 Å². The predicted octanol–water partition coefficient (Wildman–Crippen LogP) is 3.01. The van der Waals surface area contributed by atoms with Crippen molar-refractivity contribution in [3.8, 4) is 5.75 Å². The first-order valence-electron chi connectivity index (χ1n) is 7.99. The quantitative estimate of drug-likeness (QED) is 0.563. The van der Waals surface area contributed by atoms with Crippen LogP contribution in [0.5, 0.6) is 5.75 Å². The van der Waals surface area contributed by atoms with Gasteiger partial charge in [0.2, 0.25) is 5.91 Å². The molecule has 0 aromatic heterocycles. The molecule has 0 radical (unpaired) electrons. The van der Waals surface area contributed by atoms with Crippen molar-refractivity contribution in [2.24, 2.45) is 0 Å². The molecule has 0 saturated carbocycles. The summed E-state index contributed by atoms with van der Waals surface area (Å²) in [7, 11) is 3.05. The molecule has 0 saturated heterocycles. The van der Waals surface area contributed by atoms with Crippen molar-refractivity contribution in [1.82, 2.24) is 5.32 Å². The second-order valence-electron chi connectivity index (χ2n) is 5.32. The number of benzene rings is 2. The van der Waals surface area contributed by atoms with Crippen LogP contribution in [0.4, 0.5) is 0 Å². The summed E-state index contributed by atoms with van der Waals surface area (Å²) in [4.78, 5) is 11.7. The van der Waals surface area contributed by atoms with Crippen molar-refractivity contribution < 1.29 is 19.0 Å². The summed E-state index contributed by atoms with van der Waals surface area (Å²) < 4.78 is 15.7. The molecule has 2 aromatic carbocycles. The van der Waals surface area contributed by atoms with E-state index in [-0.39, 0.29) is 5.91 Å². The summed E-state index contributed by atoms with van der Waals surface area (Å²) in [5.74, 6) is 0.581. The van der Waals surface area contributed by atoms with E-state index in [9.17, 15) is 4.79 Å². The van der Waals surface area contributed by atoms with E-state index in [1.54, 1.807) is 6.08 Å². The summed E-state index contributed by atoms with van der Waals surface area (Å²) in [6.45, 7) is 0.820. The number of ether oxygens (including phenoxy) is 3. The van der Waals surface area contributed by atoms with Crippen LogP contribution < -0.4 is 10.1 Å². The van der Waals surface area contributed by atoms with Crippen molar-refractivity contribution in [2.45, 2.75) is 12.9 Å². The second-order valence-corrected chi connectivity index (χ2v) is 5.32. The first-order chi connectivity index (χ1) is 12.2. The van der Waals surface area contributed by atoms with Gasteiger partial charge in [0.15, 0.2) is 6.29 Å². The molecule has 0 aliphatic heterocycles. The Hall–Kier alpha value is -2.63. The standard InChI is InChI=1S/C20H23NO4/c1-23-20(24-2)14-21-19(22)13-10-16-8-11-18(12-9-16)25-15-17-6-4-3-5-7-17/h3-13,20H,14-15H2,1-2H3,(H,21,22)/b13-10+. The van der Waals surface area contributed by atoms with E-state index in [4.69, 9.17) is 14.2 Å². The molecule has 1 N–H and O–H groups in total. The third-order valence-corrected chi connectivity index (χ3v) is 3.52. The molecular formula is C20H23NO4. The lowest BCUT2D eigenvalue weighted by atomic mass is 10.2. The Morgan fingerprint density at radius 2 is 1.72 bits per heavy atom. The van der Waals surface area contributed by atoms with Gasteiger partial charge in [-0.05, 0) is 29.3 Å². The summed E-state index contributed by atoms with van der Waals surface area (Å²) in [6.07, 6.45) is 2.77. The van der Waals surface area contributed by atoms with Gasteiger partial charge in [0.05, 0.1) is 6.54 Å². The van der Waals surface area contributed by atoms with Gasteiger partial charge in [0, 0.05) is 20.3 Å². The number of rotatable bonds is 9. The van der Waals surface area contributed by atoms with Gasteiger partial charge in [-0.2, -0.15) is 0 Å². The molecule has 0 unspecified atom stereocenters. The van der Waals surface area contributed by atoms with E-state index >= 15 is 0 Å². The predicted molar refractivity (Wildman–Crippen MR) is 97.1 cm³/mol. The minimum Gasteiger partial charge on any atom is -0.489 e. The molecule has 5 nitrogen and oxygen atoms in total. The Morgan fingerprint density at radius 1 is 1.04 bits per heavy atom. The van der Waals surface area contributed by atoms with E-state index < -0.39 is 6.29 Å². The van der Waals surface area contributed by atoms with Crippen molar-refractivity contribution >= 4 is 12.0 Å². The van der Waals surface area contributed by atoms with Crippen LogP contribution in [0.3, 0.4) is 0 Å². The fourth-order valence-electron chi connectivity index (χ4n) is 2.09. The molecular weight excluding hydrogens is 318 g/mol. The molecule has 25 heavy (non-hydrogen) atoms. The van der Waals surface area contributed by atoms with Crippen LogP contribution in [0.15, 0.2) is 60.7 Å². The lowest BCUT2D eigenvalue weighted by molar-refractivity contribution is -0.123. The SMILES string of the molecule is COC(CNC(=O)/C=C/c1ccc(OCc2ccccc2)cc1)OC. The Bertz CT molecular complexity index is 664. The van der Waals surface area contributed by atoms with E-state index in [1.807, 2.05) is 54.6 Å². The van der Waals surface area contributed by atoms with Gasteiger partial charge in [-0.25, -0.2) is 0 Å². The van der Waals surface area contributed by atoms with Crippen LogP contribution >= 0.6 is 0 Å². The van der Waals surface area contributed by atoms with Crippen molar-refractivity contribution in [3.63, 3.8) is 0 Å². The van der Waals surface area contributed by atoms with Crippen LogP contribution in [-0.2, 0) is 20.9 Å². The van der Waals surface area contributed by atoms with Crippen molar-refractivity contribution in [2.75, 3.05) is 20.8 Å². The molecule has 0 heterocycles. The zero-order valence-corrected chi connectivity index (χ0v) is 14.5. The largest absolute Gasteiger partial charge is 0.489 e. The Morgan fingerprint density at radius 3 is 2.36 bits per heavy atom. The average molecular weight is 341 g/mol. The van der Waals surface area contributed by atoms with Gasteiger partial charge < -0.3 is 19.5 Å². The molecule has 0 spiro atoms. The Kier molecular flexibility index (Phi) is 7.69. The Labute approximate surface area is 148 Å². The van der Waals surface area contributed by atoms with Crippen LogP contribution in [0, 0.1) is 0 Å². The van der Waals surface area contributed by atoms with Gasteiger partial charge in [-0.1, -0.05) is 42.5 Å². The molecule has 2 aromatic rings. The molecule has 5 heteroatoms. The fourth-order valence-corrected chi connectivity index (χ4v) is 2.09. The third kappa shape index (κ3) is 6.79. The zero-order chi connectivity index (χ0) is 17.9. The first kappa shape index (κ1) is 18.7. The number of hydrogen-bond donors (Lipinski definition) is 1. The molecule has 1 amide bonds. The lowest BCUT2D eigenvalue weighted by Crippen LogP contribution is -2.33. The van der Waals surface area contributed by atoms with Gasteiger partial charge in [-0.15, -0.1) is 0 Å². The Balaban J connectivity index is 1.80. The molecule has 0 fully saturated rings. The molecule has 2 rings (SSSR count). The maximum Gasteiger partial charge on any atom is 0.244 e. The van der Waals surface area contributed by atoms with Crippen LogP contribution in [0.2, 0.25) is 0 Å². The van der Waals surface area contributed by atoms with Crippen molar-refractivity contribution in [1.29, 1.82) is 0 Å². The monoisotopic (exact) mass is 341 g/mol. The number of carbonyl (C=O) groups excluding carboxylic acids is 1. The number of hydrogen-bond acceptors (Lipinski definition) is 4. The van der Waals surface area contributed by atoms with Crippen molar-refractivity contribution in [3.05, 3.63) is 71.8 Å². The van der Waals surface area contributed by atoms with E-state index in [2.05, 4.69) is 5.32 Å². The average Bonchev–Trinajstić information content (AvgIpc) is 2.67. The topological polar surface area (TPSA) is 56.8 Å². The number of carbonyl (C=O) groups is 1. The second kappa shape index (κ2) is 10.3. The van der Waals surface area contributed by atoms with Crippen LogP contribution in [0.25, 0.3) is 6.08 Å². The minimum atomic E-state index is -0.446. The van der Waals surface area contributed by atoms with Gasteiger partial charge in [0.1, 0.15) is 12.4 Å². The van der Waals surface area contributed by atoms with Crippen LogP contribution in [-0.4, -0.2) is 33.0 Å². The van der Waals surface area contributed by atoms with Gasteiger partial charge in [0.25, 0.3) is 0 Å². The molecule has 132 valence electrons. The minimum absolute atomic E-state index is 0.205. The van der Waals surface area contributed by atoms with E-state index in [0.29, 0.717) is 13.2 Å². The summed E-state index contributed by atoms with van der Waals surface area (Å²) in [5.41, 5.74) is 2.03. The highest BCUT2D eigenvalue weighted by Crippen LogP contribution is 2.15. The maximum absolute atomic E-state index is 11.7. The maximum atomic E-state index is 11.7. The third-order valence-electron chi connectivity index (χ3n) is 3.52. The number of methoxy groups -OCH3 is 2. The molecule has 0 aliphatic rings. The van der Waals surface area contributed by atoms with E-state index in [0.717, 1.165) is 16.9 Å². The first-order valence-corrected chi connectivity index (χ1v) is 7.99. The van der Waals surface area contributed by atoms with Gasteiger partial charge >= 0.3 is 0 Å². The summed E-state index contributed by atoms with van der Waals surface area (Å²) >= 11 is 0. The highest BCUT2D eigenvalue weighted by Gasteiger charge is 2.05. The fraction of sp³-hybridized carbons (Fsp3) is 0.250. The lowest BCUT2D eigenvalue weighted by Gasteiger charge is -2.12. The molecule has 0 atom stereocenters. The van der Waals surface area contributed by atoms with Crippen LogP contribution in [0.1, 0.15) is 11.1 Å². The zero-order valence-electron chi connectivity index (χ0n) is 14.5.